The normalized spacial score (nSPS) is 18.3. The van der Waals surface area contributed by atoms with Crippen LogP contribution < -0.4 is 10.5 Å². The van der Waals surface area contributed by atoms with Gasteiger partial charge in [-0.15, -0.1) is 0 Å². The highest BCUT2D eigenvalue weighted by Crippen LogP contribution is 2.37. The molecule has 6 nitrogen and oxygen atoms in total. The minimum atomic E-state index is -0.189. The van der Waals surface area contributed by atoms with E-state index in [0.717, 1.165) is 71.9 Å². The van der Waals surface area contributed by atoms with E-state index in [2.05, 4.69) is 53.0 Å². The van der Waals surface area contributed by atoms with Gasteiger partial charge in [-0.2, -0.15) is 4.98 Å². The molecule has 6 rings (SSSR count). The molecule has 3 heterocycles. The molecule has 0 spiro atoms. The van der Waals surface area contributed by atoms with Crippen molar-refractivity contribution in [2.24, 2.45) is 5.92 Å². The third kappa shape index (κ3) is 3.01. The molecule has 0 atom stereocenters. The zero-order valence-corrected chi connectivity index (χ0v) is 19.4. The number of piperidine rings is 1. The molecular weight excluding hydrogens is 468 g/mol. The number of aromatic nitrogens is 3. The largest absolute Gasteiger partial charge is 0.371 e. The second kappa shape index (κ2) is 7.73. The smallest absolute Gasteiger partial charge is 0.283 e. The summed E-state index contributed by atoms with van der Waals surface area (Å²) in [5, 5.41) is 0.621. The number of carbonyl (C=O) groups excluding carboxylic acids is 1. The maximum absolute atomic E-state index is 13.0. The van der Waals surface area contributed by atoms with Gasteiger partial charge in [0, 0.05) is 35.2 Å². The number of hydrogen-bond donors (Lipinski definition) is 0. The third-order valence-corrected chi connectivity index (χ3v) is 7.97. The Kier molecular flexibility index (Phi) is 4.82. The molecule has 0 amide bonds. The van der Waals surface area contributed by atoms with Crippen LogP contribution in [0.5, 0.6) is 0 Å². The van der Waals surface area contributed by atoms with E-state index in [0.29, 0.717) is 11.4 Å². The molecule has 1 aliphatic carbocycles. The van der Waals surface area contributed by atoms with Gasteiger partial charge in [0.2, 0.25) is 5.78 Å². The van der Waals surface area contributed by atoms with Crippen LogP contribution in [0, 0.1) is 5.92 Å². The van der Waals surface area contributed by atoms with E-state index >= 15 is 0 Å². The SMILES string of the molecule is O=CC1CCN(c2ccc3c(c2)n(C2CCCC2)c2nc(=O)c4c(Br)cccc4n32)CC1. The minimum Gasteiger partial charge on any atom is -0.371 e. The number of fused-ring (bicyclic) bond motifs is 5. The van der Waals surface area contributed by atoms with Crippen molar-refractivity contribution in [3.63, 3.8) is 0 Å². The molecule has 164 valence electrons. The Hall–Kier alpha value is -2.67. The standard InChI is InChI=1S/C25H25BrN4O2/c26-19-6-3-7-21-23(19)24(32)27-25-29(17-4-1-2-5-17)22-14-18(8-9-20(22)30(21)25)28-12-10-16(15-31)11-13-28/h3,6-9,14-17H,1-2,4-5,10-13H2. The second-order valence-corrected chi connectivity index (χ2v) is 9.98. The molecule has 7 heteroatoms. The quantitative estimate of drug-likeness (QED) is 0.373. The van der Waals surface area contributed by atoms with Crippen LogP contribution in [0.1, 0.15) is 44.6 Å². The van der Waals surface area contributed by atoms with Crippen LogP contribution in [0.4, 0.5) is 5.69 Å². The Bertz CT molecular complexity index is 1410. The Morgan fingerprint density at radius 1 is 0.969 bits per heavy atom. The van der Waals surface area contributed by atoms with Crippen LogP contribution in [0.15, 0.2) is 45.7 Å². The van der Waals surface area contributed by atoms with Gasteiger partial charge < -0.3 is 14.3 Å². The summed E-state index contributed by atoms with van der Waals surface area (Å²) in [6.07, 6.45) is 7.55. The summed E-state index contributed by atoms with van der Waals surface area (Å²) < 4.78 is 5.24. The van der Waals surface area contributed by atoms with Crippen molar-refractivity contribution in [2.45, 2.75) is 44.6 Å². The lowest BCUT2D eigenvalue weighted by molar-refractivity contribution is -0.111. The molecule has 4 aromatic rings. The van der Waals surface area contributed by atoms with Crippen LogP contribution in [-0.4, -0.2) is 33.3 Å². The van der Waals surface area contributed by atoms with Crippen molar-refractivity contribution in [3.05, 3.63) is 51.2 Å². The van der Waals surface area contributed by atoms with Crippen LogP contribution >= 0.6 is 15.9 Å². The first kappa shape index (κ1) is 20.0. The average Bonchev–Trinajstić information content (AvgIpc) is 3.44. The van der Waals surface area contributed by atoms with Gasteiger partial charge in [0.05, 0.1) is 21.9 Å². The van der Waals surface area contributed by atoms with Gasteiger partial charge >= 0.3 is 0 Å². The van der Waals surface area contributed by atoms with Gasteiger partial charge in [-0.05, 0) is 71.9 Å². The number of nitrogens with zero attached hydrogens (tertiary/aromatic N) is 4. The summed E-state index contributed by atoms with van der Waals surface area (Å²) in [6, 6.07) is 12.8. The number of halogens is 1. The molecule has 0 N–H and O–H groups in total. The minimum absolute atomic E-state index is 0.181. The highest BCUT2D eigenvalue weighted by atomic mass is 79.9. The number of rotatable bonds is 3. The number of benzene rings is 2. The lowest BCUT2D eigenvalue weighted by atomic mass is 9.98. The van der Waals surface area contributed by atoms with E-state index in [1.807, 2.05) is 18.2 Å². The first-order valence-corrected chi connectivity index (χ1v) is 12.3. The number of aldehydes is 1. The van der Waals surface area contributed by atoms with Gasteiger partial charge in [-0.1, -0.05) is 18.9 Å². The lowest BCUT2D eigenvalue weighted by Gasteiger charge is -2.31. The summed E-state index contributed by atoms with van der Waals surface area (Å²) in [5.41, 5.74) is 4.08. The predicted octanol–water partition coefficient (Wildman–Crippen LogP) is 5.10. The number of anilines is 1. The summed E-state index contributed by atoms with van der Waals surface area (Å²) >= 11 is 3.55. The molecule has 2 aliphatic rings. The molecule has 2 aromatic carbocycles. The lowest BCUT2D eigenvalue weighted by Crippen LogP contribution is -2.34. The Morgan fingerprint density at radius 3 is 2.50 bits per heavy atom. The molecular formula is C25H25BrN4O2. The van der Waals surface area contributed by atoms with E-state index in [4.69, 9.17) is 0 Å². The summed E-state index contributed by atoms with van der Waals surface area (Å²) in [6.45, 7) is 1.79. The highest BCUT2D eigenvalue weighted by molar-refractivity contribution is 9.10. The van der Waals surface area contributed by atoms with E-state index in [9.17, 15) is 9.59 Å². The van der Waals surface area contributed by atoms with Crippen molar-refractivity contribution in [3.8, 4) is 0 Å². The zero-order valence-electron chi connectivity index (χ0n) is 17.8. The molecule has 1 aliphatic heterocycles. The average molecular weight is 493 g/mol. The topological polar surface area (TPSA) is 59.6 Å². The Morgan fingerprint density at radius 2 is 1.75 bits per heavy atom. The summed E-state index contributed by atoms with van der Waals surface area (Å²) in [5.74, 6) is 0.916. The Labute approximate surface area is 194 Å². The molecule has 1 saturated heterocycles. The fourth-order valence-electron chi connectivity index (χ4n) is 5.63. The molecule has 1 saturated carbocycles. The van der Waals surface area contributed by atoms with Crippen molar-refractivity contribution in [1.82, 2.24) is 14.0 Å². The number of imidazole rings is 1. The van der Waals surface area contributed by atoms with Crippen molar-refractivity contribution in [2.75, 3.05) is 18.0 Å². The van der Waals surface area contributed by atoms with Crippen LogP contribution in [0.25, 0.3) is 27.7 Å². The van der Waals surface area contributed by atoms with Crippen LogP contribution in [-0.2, 0) is 4.79 Å². The van der Waals surface area contributed by atoms with Crippen LogP contribution in [0.3, 0.4) is 0 Å². The number of carbonyl (C=O) groups is 1. The van der Waals surface area contributed by atoms with E-state index in [1.165, 1.54) is 18.5 Å². The van der Waals surface area contributed by atoms with Gasteiger partial charge in [0.15, 0.2) is 0 Å². The Balaban J connectivity index is 1.62. The molecule has 2 aromatic heterocycles. The summed E-state index contributed by atoms with van der Waals surface area (Å²) in [4.78, 5) is 31.2. The van der Waals surface area contributed by atoms with Gasteiger partial charge in [0.1, 0.15) is 6.29 Å². The van der Waals surface area contributed by atoms with E-state index in [-0.39, 0.29) is 11.5 Å². The van der Waals surface area contributed by atoms with Crippen molar-refractivity contribution in [1.29, 1.82) is 0 Å². The van der Waals surface area contributed by atoms with E-state index in [1.54, 1.807) is 0 Å². The third-order valence-electron chi connectivity index (χ3n) is 7.31. The molecule has 0 radical (unpaired) electrons. The highest BCUT2D eigenvalue weighted by Gasteiger charge is 2.26. The van der Waals surface area contributed by atoms with Gasteiger partial charge in [-0.25, -0.2) is 0 Å². The summed E-state index contributed by atoms with van der Waals surface area (Å²) in [7, 11) is 0. The van der Waals surface area contributed by atoms with Gasteiger partial charge in [0.25, 0.3) is 5.56 Å². The fourth-order valence-corrected chi connectivity index (χ4v) is 6.15. The first-order chi connectivity index (χ1) is 15.7. The zero-order chi connectivity index (χ0) is 21.8. The molecule has 32 heavy (non-hydrogen) atoms. The predicted molar refractivity (Wildman–Crippen MR) is 131 cm³/mol. The van der Waals surface area contributed by atoms with Crippen molar-refractivity contribution < 1.29 is 4.79 Å². The molecule has 0 unspecified atom stereocenters. The fraction of sp³-hybridized carbons (Fsp3) is 0.400. The van der Waals surface area contributed by atoms with E-state index < -0.39 is 0 Å². The van der Waals surface area contributed by atoms with Crippen LogP contribution in [0.2, 0.25) is 0 Å². The number of hydrogen-bond acceptors (Lipinski definition) is 4. The maximum Gasteiger partial charge on any atom is 0.283 e. The van der Waals surface area contributed by atoms with Crippen molar-refractivity contribution >= 4 is 55.6 Å². The monoisotopic (exact) mass is 492 g/mol. The van der Waals surface area contributed by atoms with Gasteiger partial charge in [-0.3, -0.25) is 9.20 Å². The molecule has 2 fully saturated rings. The second-order valence-electron chi connectivity index (χ2n) is 9.13. The first-order valence-electron chi connectivity index (χ1n) is 11.5. The maximum atomic E-state index is 13.0. The molecule has 0 bridgehead atoms.